The molecule has 168 valence electrons. The Morgan fingerprint density at radius 2 is 1.83 bits per heavy atom. The fourth-order valence-electron chi connectivity index (χ4n) is 4.41. The molecule has 0 saturated heterocycles. The first-order valence-corrected chi connectivity index (χ1v) is 10.8. The van der Waals surface area contributed by atoms with Crippen molar-refractivity contribution in [2.75, 3.05) is 13.2 Å². The van der Waals surface area contributed by atoms with E-state index in [-0.39, 0.29) is 24.3 Å². The van der Waals surface area contributed by atoms with Crippen LogP contribution in [0.15, 0.2) is 10.9 Å². The van der Waals surface area contributed by atoms with E-state index in [1.165, 1.54) is 25.3 Å². The summed E-state index contributed by atoms with van der Waals surface area (Å²) >= 11 is 0. The van der Waals surface area contributed by atoms with Crippen molar-refractivity contribution in [3.05, 3.63) is 16.6 Å². The summed E-state index contributed by atoms with van der Waals surface area (Å²) < 4.78 is 36.5. The van der Waals surface area contributed by atoms with Crippen LogP contribution >= 0.6 is 0 Å². The lowest BCUT2D eigenvalue weighted by atomic mass is 9.73. The Morgan fingerprint density at radius 3 is 2.43 bits per heavy atom. The average molecular weight is 427 g/mol. The van der Waals surface area contributed by atoms with Gasteiger partial charge in [0.1, 0.15) is 6.10 Å². The van der Waals surface area contributed by atoms with Gasteiger partial charge in [-0.05, 0) is 37.0 Å². The van der Waals surface area contributed by atoms with Crippen LogP contribution in [-0.4, -0.2) is 41.1 Å². The maximum Gasteiger partial charge on any atom is 0.351 e. The molecule has 2 saturated carbocycles. The molecular formula is C21H31F2N3O4. The van der Waals surface area contributed by atoms with Gasteiger partial charge in [0.05, 0.1) is 6.07 Å². The maximum absolute atomic E-state index is 12.9. The molecule has 1 amide bonds. The second kappa shape index (κ2) is 9.75. The molecule has 2 unspecified atom stereocenters. The number of ether oxygens (including phenoxy) is 2. The first-order chi connectivity index (χ1) is 14.3. The number of hydrogen-bond donors (Lipinski definition) is 2. The number of aromatic amines is 1. The Kier molecular flexibility index (Phi) is 7.31. The zero-order valence-corrected chi connectivity index (χ0v) is 17.6. The van der Waals surface area contributed by atoms with Crippen LogP contribution in [0.2, 0.25) is 0 Å². The molecule has 2 aliphatic rings. The van der Waals surface area contributed by atoms with Crippen LogP contribution in [0.4, 0.5) is 8.78 Å². The second-order valence-corrected chi connectivity index (χ2v) is 8.61. The van der Waals surface area contributed by atoms with Gasteiger partial charge in [-0.2, -0.15) is 4.98 Å². The smallest absolute Gasteiger partial charge is 0.351 e. The summed E-state index contributed by atoms with van der Waals surface area (Å²) in [7, 11) is 0. The number of H-pyrrole nitrogens is 1. The molecule has 1 aromatic heterocycles. The van der Waals surface area contributed by atoms with E-state index in [0.29, 0.717) is 12.5 Å². The van der Waals surface area contributed by atoms with E-state index < -0.39 is 30.6 Å². The van der Waals surface area contributed by atoms with Gasteiger partial charge < -0.3 is 14.8 Å². The maximum atomic E-state index is 12.9. The monoisotopic (exact) mass is 427 g/mol. The minimum Gasteiger partial charge on any atom is -0.475 e. The van der Waals surface area contributed by atoms with E-state index in [1.54, 1.807) is 0 Å². The van der Waals surface area contributed by atoms with Crippen molar-refractivity contribution < 1.29 is 23.0 Å². The molecule has 0 spiro atoms. The highest BCUT2D eigenvalue weighted by molar-refractivity contribution is 5.77. The molecule has 0 radical (unpaired) electrons. The van der Waals surface area contributed by atoms with E-state index in [9.17, 15) is 18.4 Å². The predicted octanol–water partition coefficient (Wildman–Crippen LogP) is 3.29. The predicted molar refractivity (Wildman–Crippen MR) is 107 cm³/mol. The molecule has 3 rings (SSSR count). The number of nitrogens with one attached hydrogen (secondary N) is 2. The summed E-state index contributed by atoms with van der Waals surface area (Å²) in [6.07, 6.45) is 4.42. The van der Waals surface area contributed by atoms with Gasteiger partial charge in [-0.15, -0.1) is 0 Å². The average Bonchev–Trinajstić information content (AvgIpc) is 2.68. The molecule has 2 N–H and O–H groups in total. The lowest BCUT2D eigenvalue weighted by Crippen LogP contribution is -2.43. The molecule has 7 nitrogen and oxygen atoms in total. The van der Waals surface area contributed by atoms with Crippen LogP contribution in [0.3, 0.4) is 0 Å². The molecule has 2 atom stereocenters. The fourth-order valence-corrected chi connectivity index (χ4v) is 4.41. The molecule has 0 aromatic carbocycles. The molecule has 9 heteroatoms. The van der Waals surface area contributed by atoms with Gasteiger partial charge in [-0.25, -0.2) is 13.6 Å². The third-order valence-electron chi connectivity index (χ3n) is 6.14. The van der Waals surface area contributed by atoms with Crippen molar-refractivity contribution in [3.63, 3.8) is 0 Å². The van der Waals surface area contributed by atoms with Crippen molar-refractivity contribution in [3.8, 4) is 11.8 Å². The quantitative estimate of drug-likeness (QED) is 0.631. The Balaban J connectivity index is 1.44. The van der Waals surface area contributed by atoms with Gasteiger partial charge in [0.25, 0.3) is 11.8 Å². The summed E-state index contributed by atoms with van der Waals surface area (Å²) in [5, 5.41) is 2.91. The van der Waals surface area contributed by atoms with E-state index >= 15 is 0 Å². The number of amides is 1. The third kappa shape index (κ3) is 6.40. The number of alkyl halides is 2. The summed E-state index contributed by atoms with van der Waals surface area (Å²) in [6.45, 7) is 4.77. The third-order valence-corrected chi connectivity index (χ3v) is 6.14. The SMILES string of the molecule is CCC1CC(CC)CC(CNC(=O)COc2cc(OC3CC(F)(F)C3)[nH]c(=O)n2)C1. The highest BCUT2D eigenvalue weighted by Gasteiger charge is 2.47. The van der Waals surface area contributed by atoms with Crippen molar-refractivity contribution >= 4 is 5.91 Å². The van der Waals surface area contributed by atoms with Crippen molar-refractivity contribution in [1.29, 1.82) is 0 Å². The lowest BCUT2D eigenvalue weighted by molar-refractivity contribution is -0.135. The van der Waals surface area contributed by atoms with Crippen LogP contribution in [0.1, 0.15) is 58.8 Å². The number of rotatable bonds is 9. The molecule has 1 aromatic rings. The standard InChI is InChI=1S/C21H31F2N3O4/c1-3-13-5-14(4-2)7-15(6-13)11-24-17(27)12-29-18-8-19(26-20(28)25-18)30-16-9-21(22,23)10-16/h8,13-16H,3-7,9-12H2,1-2H3,(H,24,27)(H,25,26,28). The summed E-state index contributed by atoms with van der Waals surface area (Å²) in [5.74, 6) is -1.18. The first-order valence-electron chi connectivity index (χ1n) is 10.8. The molecule has 30 heavy (non-hydrogen) atoms. The number of halogens is 2. The zero-order chi connectivity index (χ0) is 21.7. The lowest BCUT2D eigenvalue weighted by Gasteiger charge is -2.34. The first kappa shape index (κ1) is 22.5. The van der Waals surface area contributed by atoms with Crippen molar-refractivity contribution in [2.24, 2.45) is 17.8 Å². The van der Waals surface area contributed by atoms with Crippen LogP contribution in [0.25, 0.3) is 0 Å². The van der Waals surface area contributed by atoms with Gasteiger partial charge in [0, 0.05) is 19.4 Å². The van der Waals surface area contributed by atoms with Gasteiger partial charge in [0.2, 0.25) is 11.8 Å². The zero-order valence-electron chi connectivity index (χ0n) is 17.6. The molecule has 1 heterocycles. The topological polar surface area (TPSA) is 93.3 Å². The number of hydrogen-bond acceptors (Lipinski definition) is 5. The minimum atomic E-state index is -2.72. The highest BCUT2D eigenvalue weighted by atomic mass is 19.3. The van der Waals surface area contributed by atoms with E-state index in [0.717, 1.165) is 24.7 Å². The normalized spacial score (nSPS) is 25.9. The van der Waals surface area contributed by atoms with Gasteiger partial charge in [-0.1, -0.05) is 26.7 Å². The molecule has 0 aliphatic heterocycles. The van der Waals surface area contributed by atoms with Crippen LogP contribution in [0, 0.1) is 17.8 Å². The van der Waals surface area contributed by atoms with E-state index in [4.69, 9.17) is 9.47 Å². The van der Waals surface area contributed by atoms with Gasteiger partial charge >= 0.3 is 5.69 Å². The highest BCUT2D eigenvalue weighted by Crippen LogP contribution is 2.39. The largest absolute Gasteiger partial charge is 0.475 e. The Bertz CT molecular complexity index is 766. The van der Waals surface area contributed by atoms with E-state index in [1.807, 2.05) is 0 Å². The Morgan fingerprint density at radius 1 is 1.20 bits per heavy atom. The van der Waals surface area contributed by atoms with Crippen LogP contribution in [-0.2, 0) is 4.79 Å². The Labute approximate surface area is 174 Å². The number of nitrogens with zero attached hydrogens (tertiary/aromatic N) is 1. The molecule has 2 fully saturated rings. The Hall–Kier alpha value is -2.19. The molecular weight excluding hydrogens is 396 g/mol. The van der Waals surface area contributed by atoms with Crippen molar-refractivity contribution in [2.45, 2.75) is 70.8 Å². The minimum absolute atomic E-state index is 0.00401. The number of carbonyl (C=O) groups excluding carboxylic acids is 1. The van der Waals surface area contributed by atoms with E-state index in [2.05, 4.69) is 29.1 Å². The van der Waals surface area contributed by atoms with Crippen LogP contribution in [0.5, 0.6) is 11.8 Å². The molecule has 2 aliphatic carbocycles. The molecule has 0 bridgehead atoms. The summed E-state index contributed by atoms with van der Waals surface area (Å²) in [4.78, 5) is 29.8. The van der Waals surface area contributed by atoms with Crippen LogP contribution < -0.4 is 20.5 Å². The number of carbonyl (C=O) groups is 1. The number of aromatic nitrogens is 2. The van der Waals surface area contributed by atoms with Gasteiger partial charge in [0.15, 0.2) is 6.61 Å². The summed E-state index contributed by atoms with van der Waals surface area (Å²) in [6, 6.07) is 1.30. The second-order valence-electron chi connectivity index (χ2n) is 8.61. The van der Waals surface area contributed by atoms with Crippen molar-refractivity contribution in [1.82, 2.24) is 15.3 Å². The summed E-state index contributed by atoms with van der Waals surface area (Å²) in [5.41, 5.74) is -0.729. The fraction of sp³-hybridized carbons (Fsp3) is 0.762. The van der Waals surface area contributed by atoms with Gasteiger partial charge in [-0.3, -0.25) is 9.78 Å².